The van der Waals surface area contributed by atoms with Gasteiger partial charge in [0.15, 0.2) is 0 Å². The van der Waals surface area contributed by atoms with Gasteiger partial charge in [0.25, 0.3) is 0 Å². The second-order valence-electron chi connectivity index (χ2n) is 5.92. The van der Waals surface area contributed by atoms with E-state index in [-0.39, 0.29) is 17.8 Å². The second kappa shape index (κ2) is 8.78. The Bertz CT molecular complexity index is 614. The SMILES string of the molecule is COCC1(CNS(=O)(=O)c2ccc(Br)c(C)c2)CCNCC1.Cl. The minimum absolute atomic E-state index is 0. The minimum Gasteiger partial charge on any atom is -0.384 e. The Morgan fingerprint density at radius 2 is 2.00 bits per heavy atom. The van der Waals surface area contributed by atoms with Gasteiger partial charge < -0.3 is 10.1 Å². The summed E-state index contributed by atoms with van der Waals surface area (Å²) in [6.07, 6.45) is 1.81. The molecular weight excluding hydrogens is 404 g/mol. The Morgan fingerprint density at radius 1 is 1.35 bits per heavy atom. The third-order valence-corrected chi connectivity index (χ3v) is 6.48. The van der Waals surface area contributed by atoms with Crippen LogP contribution in [0.5, 0.6) is 0 Å². The van der Waals surface area contributed by atoms with E-state index in [2.05, 4.69) is 26.0 Å². The van der Waals surface area contributed by atoms with Gasteiger partial charge in [0, 0.05) is 23.5 Å². The number of halogens is 2. The number of piperidine rings is 1. The molecule has 132 valence electrons. The first-order valence-electron chi connectivity index (χ1n) is 7.34. The molecule has 0 radical (unpaired) electrons. The van der Waals surface area contributed by atoms with Crippen LogP contribution in [-0.4, -0.2) is 41.8 Å². The highest BCUT2D eigenvalue weighted by atomic mass is 79.9. The maximum Gasteiger partial charge on any atom is 0.240 e. The van der Waals surface area contributed by atoms with Crippen LogP contribution in [-0.2, 0) is 14.8 Å². The van der Waals surface area contributed by atoms with Crippen molar-refractivity contribution in [2.24, 2.45) is 5.41 Å². The standard InChI is InChI=1S/C15H23BrN2O3S.ClH/c1-12-9-13(3-4-14(12)16)22(19,20)18-10-15(11-21-2)5-7-17-8-6-15;/h3-4,9,17-18H,5-8,10-11H2,1-2H3;1H. The Morgan fingerprint density at radius 3 is 2.57 bits per heavy atom. The van der Waals surface area contributed by atoms with Crippen LogP contribution in [0.2, 0.25) is 0 Å². The molecular formula is C15H24BrClN2O3S. The summed E-state index contributed by atoms with van der Waals surface area (Å²) in [6, 6.07) is 5.06. The van der Waals surface area contributed by atoms with Crippen LogP contribution in [0.15, 0.2) is 27.6 Å². The van der Waals surface area contributed by atoms with Gasteiger partial charge >= 0.3 is 0 Å². The van der Waals surface area contributed by atoms with Crippen molar-refractivity contribution in [2.45, 2.75) is 24.7 Å². The summed E-state index contributed by atoms with van der Waals surface area (Å²) < 4.78 is 34.0. The molecule has 2 rings (SSSR count). The zero-order valence-corrected chi connectivity index (χ0v) is 16.6. The van der Waals surface area contributed by atoms with Gasteiger partial charge in [0.05, 0.1) is 11.5 Å². The van der Waals surface area contributed by atoms with Gasteiger partial charge in [-0.25, -0.2) is 13.1 Å². The number of benzene rings is 1. The molecule has 0 unspecified atom stereocenters. The monoisotopic (exact) mass is 426 g/mol. The lowest BCUT2D eigenvalue weighted by molar-refractivity contribution is 0.0577. The number of hydrogen-bond donors (Lipinski definition) is 2. The van der Waals surface area contributed by atoms with Crippen molar-refractivity contribution < 1.29 is 13.2 Å². The number of methoxy groups -OCH3 is 1. The molecule has 8 heteroatoms. The Labute approximate surface area is 153 Å². The van der Waals surface area contributed by atoms with Crippen molar-refractivity contribution in [3.05, 3.63) is 28.2 Å². The maximum absolute atomic E-state index is 12.5. The molecule has 0 amide bonds. The average Bonchev–Trinajstić information content (AvgIpc) is 2.49. The van der Waals surface area contributed by atoms with E-state index >= 15 is 0 Å². The molecule has 0 spiro atoms. The molecule has 1 aliphatic rings. The highest BCUT2D eigenvalue weighted by Gasteiger charge is 2.33. The number of ether oxygens (including phenoxy) is 1. The van der Waals surface area contributed by atoms with Gasteiger partial charge in [0.2, 0.25) is 10.0 Å². The first-order valence-corrected chi connectivity index (χ1v) is 9.62. The zero-order valence-electron chi connectivity index (χ0n) is 13.4. The van der Waals surface area contributed by atoms with E-state index in [0.717, 1.165) is 36.0 Å². The summed E-state index contributed by atoms with van der Waals surface area (Å²) in [6.45, 7) is 4.63. The second-order valence-corrected chi connectivity index (χ2v) is 8.54. The Hall–Kier alpha value is -0.180. The summed E-state index contributed by atoms with van der Waals surface area (Å²) >= 11 is 3.39. The van der Waals surface area contributed by atoms with Crippen molar-refractivity contribution in [2.75, 3.05) is 33.4 Å². The number of rotatable bonds is 6. The highest BCUT2D eigenvalue weighted by Crippen LogP contribution is 2.29. The molecule has 1 fully saturated rings. The Kier molecular flexibility index (Phi) is 7.97. The maximum atomic E-state index is 12.5. The first kappa shape index (κ1) is 20.9. The van der Waals surface area contributed by atoms with Crippen LogP contribution in [0, 0.1) is 12.3 Å². The third kappa shape index (κ3) is 5.41. The van der Waals surface area contributed by atoms with E-state index < -0.39 is 10.0 Å². The third-order valence-electron chi connectivity index (χ3n) is 4.19. The van der Waals surface area contributed by atoms with Crippen LogP contribution in [0.1, 0.15) is 18.4 Å². The van der Waals surface area contributed by atoms with E-state index in [4.69, 9.17) is 4.74 Å². The lowest BCUT2D eigenvalue weighted by Crippen LogP contribution is -2.47. The van der Waals surface area contributed by atoms with E-state index in [0.29, 0.717) is 18.0 Å². The van der Waals surface area contributed by atoms with Crippen molar-refractivity contribution in [3.63, 3.8) is 0 Å². The fourth-order valence-electron chi connectivity index (χ4n) is 2.75. The van der Waals surface area contributed by atoms with Crippen LogP contribution in [0.25, 0.3) is 0 Å². The molecule has 2 N–H and O–H groups in total. The van der Waals surface area contributed by atoms with Gasteiger partial charge in [-0.2, -0.15) is 0 Å². The van der Waals surface area contributed by atoms with Gasteiger partial charge in [-0.15, -0.1) is 12.4 Å². The van der Waals surface area contributed by atoms with E-state index in [1.54, 1.807) is 25.3 Å². The molecule has 1 aromatic carbocycles. The van der Waals surface area contributed by atoms with Crippen LogP contribution < -0.4 is 10.0 Å². The van der Waals surface area contributed by atoms with Gasteiger partial charge in [-0.05, 0) is 56.6 Å². The molecule has 0 aliphatic carbocycles. The molecule has 1 heterocycles. The summed E-state index contributed by atoms with van der Waals surface area (Å²) in [5.41, 5.74) is 0.772. The largest absolute Gasteiger partial charge is 0.384 e. The molecule has 0 aromatic heterocycles. The van der Waals surface area contributed by atoms with Crippen LogP contribution in [0.4, 0.5) is 0 Å². The molecule has 23 heavy (non-hydrogen) atoms. The first-order chi connectivity index (χ1) is 10.4. The average molecular weight is 428 g/mol. The van der Waals surface area contributed by atoms with Gasteiger partial charge in [0.1, 0.15) is 0 Å². The summed E-state index contributed by atoms with van der Waals surface area (Å²) in [5, 5.41) is 3.30. The molecule has 1 aromatic rings. The summed E-state index contributed by atoms with van der Waals surface area (Å²) in [5.74, 6) is 0. The van der Waals surface area contributed by atoms with Crippen molar-refractivity contribution in [1.29, 1.82) is 0 Å². The fraction of sp³-hybridized carbons (Fsp3) is 0.600. The quantitative estimate of drug-likeness (QED) is 0.732. The molecule has 0 bridgehead atoms. The van der Waals surface area contributed by atoms with Gasteiger partial charge in [-0.1, -0.05) is 15.9 Å². The Balaban J connectivity index is 0.00000264. The zero-order chi connectivity index (χ0) is 16.2. The number of hydrogen-bond acceptors (Lipinski definition) is 4. The molecule has 0 atom stereocenters. The number of nitrogens with one attached hydrogen (secondary N) is 2. The fourth-order valence-corrected chi connectivity index (χ4v) is 4.24. The molecule has 5 nitrogen and oxygen atoms in total. The van der Waals surface area contributed by atoms with Crippen molar-refractivity contribution in [1.82, 2.24) is 10.0 Å². The number of sulfonamides is 1. The van der Waals surface area contributed by atoms with Crippen molar-refractivity contribution in [3.8, 4) is 0 Å². The lowest BCUT2D eigenvalue weighted by atomic mass is 9.80. The predicted molar refractivity (Wildman–Crippen MR) is 97.7 cm³/mol. The topological polar surface area (TPSA) is 67.4 Å². The smallest absolute Gasteiger partial charge is 0.240 e. The molecule has 1 aliphatic heterocycles. The lowest BCUT2D eigenvalue weighted by Gasteiger charge is -2.37. The van der Waals surface area contributed by atoms with E-state index in [1.807, 2.05) is 6.92 Å². The summed E-state index contributed by atoms with van der Waals surface area (Å²) in [7, 11) is -1.84. The predicted octanol–water partition coefficient (Wildman–Crippen LogP) is 2.47. The van der Waals surface area contributed by atoms with Crippen LogP contribution in [0.3, 0.4) is 0 Å². The van der Waals surface area contributed by atoms with E-state index in [9.17, 15) is 8.42 Å². The molecule has 1 saturated heterocycles. The normalized spacial score (nSPS) is 17.5. The highest BCUT2D eigenvalue weighted by molar-refractivity contribution is 9.10. The van der Waals surface area contributed by atoms with E-state index in [1.165, 1.54) is 0 Å². The van der Waals surface area contributed by atoms with Gasteiger partial charge in [-0.3, -0.25) is 0 Å². The number of aryl methyl sites for hydroxylation is 1. The van der Waals surface area contributed by atoms with Crippen molar-refractivity contribution >= 4 is 38.4 Å². The van der Waals surface area contributed by atoms with Crippen LogP contribution >= 0.6 is 28.3 Å². The summed E-state index contributed by atoms with van der Waals surface area (Å²) in [4.78, 5) is 0.301. The molecule has 0 saturated carbocycles. The minimum atomic E-state index is -3.50.